The zero-order chi connectivity index (χ0) is 32.3. The molecule has 0 amide bonds. The Balaban J connectivity index is 1.42. The van der Waals surface area contributed by atoms with Crippen LogP contribution >= 0.6 is 0 Å². The number of anilines is 5. The molecule has 46 heavy (non-hydrogen) atoms. The minimum atomic E-state index is 0.979. The molecule has 0 unspecified atom stereocenters. The van der Waals surface area contributed by atoms with Crippen LogP contribution in [0.15, 0.2) is 121 Å². The van der Waals surface area contributed by atoms with Gasteiger partial charge in [-0.15, -0.1) is 0 Å². The quantitative estimate of drug-likeness (QED) is 0.124. The Morgan fingerprint density at radius 2 is 0.870 bits per heavy atom. The summed E-state index contributed by atoms with van der Waals surface area (Å²) in [6, 6.07) is 43.7. The van der Waals surface area contributed by atoms with Gasteiger partial charge in [-0.1, -0.05) is 103 Å². The molecule has 0 radical (unpaired) electrons. The number of nitrogens with zero attached hydrogens (tertiary/aromatic N) is 3. The molecule has 3 heteroatoms. The molecular weight excluding hydrogens is 558 g/mol. The Labute approximate surface area is 276 Å². The van der Waals surface area contributed by atoms with E-state index in [4.69, 9.17) is 0 Å². The van der Waals surface area contributed by atoms with E-state index < -0.39 is 0 Å². The van der Waals surface area contributed by atoms with Crippen molar-refractivity contribution in [2.75, 3.05) is 40.9 Å². The Bertz CT molecular complexity index is 1710. The molecule has 0 saturated carbocycles. The molecule has 0 aromatic heterocycles. The monoisotopic (exact) mass is 605 g/mol. The van der Waals surface area contributed by atoms with Crippen LogP contribution in [-0.4, -0.2) is 26.2 Å². The lowest BCUT2D eigenvalue weighted by Crippen LogP contribution is -2.25. The predicted octanol–water partition coefficient (Wildman–Crippen LogP) is 11.5. The van der Waals surface area contributed by atoms with E-state index in [1.54, 1.807) is 0 Å². The van der Waals surface area contributed by atoms with Gasteiger partial charge in [-0.2, -0.15) is 0 Å². The number of hydrogen-bond donors (Lipinski definition) is 0. The summed E-state index contributed by atoms with van der Waals surface area (Å²) in [5.74, 6) is 0. The maximum absolute atomic E-state index is 2.44. The highest BCUT2D eigenvalue weighted by Crippen LogP contribution is 2.35. The molecule has 0 bridgehead atoms. The van der Waals surface area contributed by atoms with E-state index in [1.165, 1.54) is 39.2 Å². The summed E-state index contributed by atoms with van der Waals surface area (Å²) in [6.07, 6.45) is 8.81. The first kappa shape index (κ1) is 32.4. The molecule has 5 aromatic carbocycles. The van der Waals surface area contributed by atoms with Gasteiger partial charge in [0.2, 0.25) is 0 Å². The first-order chi connectivity index (χ1) is 22.5. The molecule has 0 spiro atoms. The smallest absolute Gasteiger partial charge is 0.0462 e. The number of benzene rings is 5. The van der Waals surface area contributed by atoms with Gasteiger partial charge in [-0.05, 0) is 105 Å². The molecule has 3 nitrogen and oxygen atoms in total. The van der Waals surface area contributed by atoms with Gasteiger partial charge in [0.25, 0.3) is 0 Å². The van der Waals surface area contributed by atoms with Crippen LogP contribution in [0.4, 0.5) is 28.4 Å². The third-order valence-corrected chi connectivity index (χ3v) is 8.56. The molecule has 0 aliphatic rings. The van der Waals surface area contributed by atoms with Crippen molar-refractivity contribution in [2.24, 2.45) is 0 Å². The van der Waals surface area contributed by atoms with Crippen LogP contribution in [0.3, 0.4) is 0 Å². The lowest BCUT2D eigenvalue weighted by atomic mass is 10.1. The maximum atomic E-state index is 2.44. The molecule has 0 aliphatic heterocycles. The summed E-state index contributed by atoms with van der Waals surface area (Å²) in [5.41, 5.74) is 12.0. The lowest BCUT2D eigenvalue weighted by Gasteiger charge is -2.27. The summed E-state index contributed by atoms with van der Waals surface area (Å²) < 4.78 is 0. The Kier molecular flexibility index (Phi) is 11.1. The molecule has 0 atom stereocenters. The zero-order valence-corrected chi connectivity index (χ0v) is 28.0. The fourth-order valence-electron chi connectivity index (χ4n) is 5.85. The fourth-order valence-corrected chi connectivity index (χ4v) is 5.85. The topological polar surface area (TPSA) is 9.72 Å². The predicted molar refractivity (Wildman–Crippen MR) is 204 cm³/mol. The van der Waals surface area contributed by atoms with E-state index in [2.05, 4.69) is 189 Å². The third-order valence-electron chi connectivity index (χ3n) is 8.56. The molecule has 0 saturated heterocycles. The molecule has 5 rings (SSSR count). The van der Waals surface area contributed by atoms with Crippen molar-refractivity contribution < 1.29 is 0 Å². The molecule has 5 aromatic rings. The van der Waals surface area contributed by atoms with E-state index in [-0.39, 0.29) is 0 Å². The second-order valence-corrected chi connectivity index (χ2v) is 11.5. The van der Waals surface area contributed by atoms with Crippen molar-refractivity contribution >= 4 is 52.7 Å². The number of rotatable bonds is 13. The van der Waals surface area contributed by atoms with Crippen molar-refractivity contribution in [3.05, 3.63) is 149 Å². The van der Waals surface area contributed by atoms with E-state index >= 15 is 0 Å². The van der Waals surface area contributed by atoms with Crippen LogP contribution in [0, 0.1) is 6.92 Å². The number of aryl methyl sites for hydroxylation is 1. The Morgan fingerprint density at radius 3 is 1.37 bits per heavy atom. The lowest BCUT2D eigenvalue weighted by molar-refractivity contribution is 0.851. The van der Waals surface area contributed by atoms with Crippen LogP contribution in [0.5, 0.6) is 0 Å². The van der Waals surface area contributed by atoms with Gasteiger partial charge in [0.05, 0.1) is 0 Å². The van der Waals surface area contributed by atoms with Crippen LogP contribution in [0.2, 0.25) is 0 Å². The van der Waals surface area contributed by atoms with Gasteiger partial charge in [0.15, 0.2) is 0 Å². The standard InChI is InChI=1S/C43H47N3/c1-6-44(7-2)42-32-25-38(43(33-42)45(8-3)9-4)24-19-37-22-30-41(31-23-37)46(39-26-15-34(5)16-27-39)40-28-20-36(21-29-40)18-17-35-13-11-10-12-14-35/h10-33H,6-9H2,1-5H3. The molecular formula is C43H47N3. The summed E-state index contributed by atoms with van der Waals surface area (Å²) in [6.45, 7) is 15.0. The van der Waals surface area contributed by atoms with Gasteiger partial charge >= 0.3 is 0 Å². The maximum Gasteiger partial charge on any atom is 0.0462 e. The van der Waals surface area contributed by atoms with Crippen molar-refractivity contribution in [1.82, 2.24) is 0 Å². The second kappa shape index (κ2) is 15.8. The molecule has 0 heterocycles. The van der Waals surface area contributed by atoms with Crippen molar-refractivity contribution in [2.45, 2.75) is 34.6 Å². The number of hydrogen-bond acceptors (Lipinski definition) is 3. The minimum Gasteiger partial charge on any atom is -0.372 e. The van der Waals surface area contributed by atoms with E-state index in [0.717, 1.165) is 43.2 Å². The molecule has 0 aliphatic carbocycles. The van der Waals surface area contributed by atoms with E-state index in [0.29, 0.717) is 0 Å². The van der Waals surface area contributed by atoms with Crippen LogP contribution in [-0.2, 0) is 0 Å². The highest BCUT2D eigenvalue weighted by Gasteiger charge is 2.13. The van der Waals surface area contributed by atoms with Crippen LogP contribution in [0.1, 0.15) is 55.5 Å². The Hall–Kier alpha value is -5.02. The van der Waals surface area contributed by atoms with Gasteiger partial charge in [-0.25, -0.2) is 0 Å². The molecule has 234 valence electrons. The van der Waals surface area contributed by atoms with Crippen molar-refractivity contribution in [3.8, 4) is 0 Å². The SMILES string of the molecule is CCN(CC)c1ccc(C=Cc2ccc(N(c3ccc(C)cc3)c3ccc(C=Cc4ccccc4)cc3)cc2)c(N(CC)CC)c1. The van der Waals surface area contributed by atoms with E-state index in [9.17, 15) is 0 Å². The van der Waals surface area contributed by atoms with Gasteiger partial charge < -0.3 is 14.7 Å². The highest BCUT2D eigenvalue weighted by atomic mass is 15.1. The fraction of sp³-hybridized carbons (Fsp3) is 0.209. The van der Waals surface area contributed by atoms with Crippen molar-refractivity contribution in [3.63, 3.8) is 0 Å². The highest BCUT2D eigenvalue weighted by molar-refractivity contribution is 5.82. The van der Waals surface area contributed by atoms with Gasteiger partial charge in [-0.3, -0.25) is 0 Å². The molecule has 0 N–H and O–H groups in total. The summed E-state index contributed by atoms with van der Waals surface area (Å²) in [5, 5.41) is 0. The Morgan fingerprint density at radius 1 is 0.435 bits per heavy atom. The average molecular weight is 606 g/mol. The van der Waals surface area contributed by atoms with Crippen molar-refractivity contribution in [1.29, 1.82) is 0 Å². The largest absolute Gasteiger partial charge is 0.372 e. The first-order valence-corrected chi connectivity index (χ1v) is 16.6. The molecule has 0 fully saturated rings. The van der Waals surface area contributed by atoms with Crippen LogP contribution < -0.4 is 14.7 Å². The first-order valence-electron chi connectivity index (χ1n) is 16.6. The van der Waals surface area contributed by atoms with Gasteiger partial charge in [0.1, 0.15) is 0 Å². The van der Waals surface area contributed by atoms with Crippen LogP contribution in [0.25, 0.3) is 24.3 Å². The zero-order valence-electron chi connectivity index (χ0n) is 28.0. The average Bonchev–Trinajstić information content (AvgIpc) is 3.10. The van der Waals surface area contributed by atoms with Gasteiger partial charge in [0, 0.05) is 54.6 Å². The normalized spacial score (nSPS) is 11.3. The van der Waals surface area contributed by atoms with E-state index in [1.807, 2.05) is 6.07 Å². The summed E-state index contributed by atoms with van der Waals surface area (Å²) in [4.78, 5) is 7.17. The summed E-state index contributed by atoms with van der Waals surface area (Å²) >= 11 is 0. The summed E-state index contributed by atoms with van der Waals surface area (Å²) in [7, 11) is 0. The second-order valence-electron chi connectivity index (χ2n) is 11.5. The minimum absolute atomic E-state index is 0.979. The third kappa shape index (κ3) is 7.97.